The van der Waals surface area contributed by atoms with E-state index in [2.05, 4.69) is 16.8 Å². The van der Waals surface area contributed by atoms with Crippen molar-refractivity contribution in [2.24, 2.45) is 0 Å². The summed E-state index contributed by atoms with van der Waals surface area (Å²) >= 11 is 0. The van der Waals surface area contributed by atoms with Gasteiger partial charge in [0, 0.05) is 43.7 Å². The highest BCUT2D eigenvalue weighted by atomic mass is 16.7. The smallest absolute Gasteiger partial charge is 0.152 e. The summed E-state index contributed by atoms with van der Waals surface area (Å²) in [7, 11) is 2.15. The number of carbonyl (C=O) groups excluding carboxylic acids is 1. The second-order valence-corrected chi connectivity index (χ2v) is 5.52. The lowest BCUT2D eigenvalue weighted by Gasteiger charge is -2.32. The molecule has 1 aromatic carbocycles. The Labute approximate surface area is 124 Å². The van der Waals surface area contributed by atoms with E-state index in [0.29, 0.717) is 12.2 Å². The van der Waals surface area contributed by atoms with Crippen molar-refractivity contribution in [1.29, 1.82) is 0 Å². The maximum atomic E-state index is 11.1. The third-order valence-corrected chi connectivity index (χ3v) is 4.07. The minimum Gasteiger partial charge on any atom is -0.412 e. The third kappa shape index (κ3) is 3.09. The highest BCUT2D eigenvalue weighted by Crippen LogP contribution is 2.18. The molecule has 0 bridgehead atoms. The van der Waals surface area contributed by atoms with Crippen molar-refractivity contribution >= 4 is 17.2 Å². The Kier molecular flexibility index (Phi) is 4.22. The second-order valence-electron chi connectivity index (χ2n) is 5.52. The Morgan fingerprint density at radius 2 is 1.95 bits per heavy atom. The Balaban J connectivity index is 1.62. The van der Waals surface area contributed by atoms with Crippen LogP contribution in [-0.4, -0.2) is 67.2 Å². The quantitative estimate of drug-likeness (QED) is 0.773. The van der Waals surface area contributed by atoms with Gasteiger partial charge in [0.1, 0.15) is 6.61 Å². The van der Waals surface area contributed by atoms with Crippen molar-refractivity contribution in [3.8, 4) is 0 Å². The van der Waals surface area contributed by atoms with Crippen molar-refractivity contribution in [2.45, 2.75) is 0 Å². The van der Waals surface area contributed by atoms with Gasteiger partial charge in [-0.15, -0.1) is 0 Å². The number of para-hydroxylation sites is 1. The first-order valence-corrected chi connectivity index (χ1v) is 7.37. The Hall–Kier alpha value is -1.85. The molecule has 5 heteroatoms. The van der Waals surface area contributed by atoms with Gasteiger partial charge in [-0.05, 0) is 13.1 Å². The molecule has 0 spiro atoms. The van der Waals surface area contributed by atoms with Gasteiger partial charge < -0.3 is 9.74 Å². The van der Waals surface area contributed by atoms with Gasteiger partial charge in [-0.1, -0.05) is 18.2 Å². The molecule has 1 fully saturated rings. The summed E-state index contributed by atoms with van der Waals surface area (Å²) < 4.78 is 1.72. The summed E-state index contributed by atoms with van der Waals surface area (Å²) in [5.74, 6) is 0. The molecular weight excluding hydrogens is 266 g/mol. The third-order valence-electron chi connectivity index (χ3n) is 4.07. The molecule has 2 aromatic rings. The normalized spacial score (nSPS) is 17.2. The van der Waals surface area contributed by atoms with Crippen LogP contribution >= 0.6 is 0 Å². The average Bonchev–Trinajstić information content (AvgIpc) is 2.88. The predicted octanol–water partition coefficient (Wildman–Crippen LogP) is 1.13. The standard InChI is InChI=1S/C16H21N3O2/c1-17-6-8-18(9-7-17)10-11-21-19-12-14(13-20)15-4-2-3-5-16(15)19/h2-5,12-13H,6-11H2,1H3. The zero-order chi connectivity index (χ0) is 14.7. The molecule has 0 N–H and O–H groups in total. The van der Waals surface area contributed by atoms with E-state index in [0.717, 1.165) is 49.9 Å². The molecule has 1 aliphatic rings. The molecule has 21 heavy (non-hydrogen) atoms. The molecule has 0 aliphatic carbocycles. The molecular formula is C16H21N3O2. The van der Waals surface area contributed by atoms with Gasteiger partial charge in [0.2, 0.25) is 0 Å². The van der Waals surface area contributed by atoms with Crippen LogP contribution in [-0.2, 0) is 0 Å². The predicted molar refractivity (Wildman–Crippen MR) is 82.7 cm³/mol. The van der Waals surface area contributed by atoms with E-state index in [1.807, 2.05) is 24.3 Å². The highest BCUT2D eigenvalue weighted by Gasteiger charge is 2.14. The monoisotopic (exact) mass is 287 g/mol. The lowest BCUT2D eigenvalue weighted by atomic mass is 10.2. The van der Waals surface area contributed by atoms with E-state index in [-0.39, 0.29) is 0 Å². The van der Waals surface area contributed by atoms with Gasteiger partial charge >= 0.3 is 0 Å². The minimum atomic E-state index is 0.626. The van der Waals surface area contributed by atoms with E-state index >= 15 is 0 Å². The maximum absolute atomic E-state index is 11.1. The molecule has 1 aliphatic heterocycles. The van der Waals surface area contributed by atoms with E-state index in [1.165, 1.54) is 0 Å². The Morgan fingerprint density at radius 3 is 2.71 bits per heavy atom. The zero-order valence-electron chi connectivity index (χ0n) is 12.4. The number of aldehydes is 1. The lowest BCUT2D eigenvalue weighted by Crippen LogP contribution is -2.46. The summed E-state index contributed by atoms with van der Waals surface area (Å²) in [6.07, 6.45) is 2.64. The van der Waals surface area contributed by atoms with Gasteiger partial charge in [-0.25, -0.2) is 0 Å². The van der Waals surface area contributed by atoms with E-state index in [4.69, 9.17) is 4.84 Å². The maximum Gasteiger partial charge on any atom is 0.152 e. The first-order valence-electron chi connectivity index (χ1n) is 7.37. The lowest BCUT2D eigenvalue weighted by molar-refractivity contribution is 0.0752. The van der Waals surface area contributed by atoms with Crippen LogP contribution in [0, 0.1) is 0 Å². The molecule has 5 nitrogen and oxygen atoms in total. The number of benzene rings is 1. The number of rotatable bonds is 5. The Bertz CT molecular complexity index is 615. The summed E-state index contributed by atoms with van der Waals surface area (Å²) in [6, 6.07) is 7.80. The van der Waals surface area contributed by atoms with Crippen LogP contribution in [0.1, 0.15) is 10.4 Å². The summed E-state index contributed by atoms with van der Waals surface area (Å²) in [6.45, 7) is 5.94. The summed E-state index contributed by atoms with van der Waals surface area (Å²) in [5.41, 5.74) is 1.61. The van der Waals surface area contributed by atoms with Crippen molar-refractivity contribution in [3.63, 3.8) is 0 Å². The number of carbonyl (C=O) groups is 1. The molecule has 1 saturated heterocycles. The number of likely N-dealkylation sites (N-methyl/N-ethyl adjacent to an activating group) is 1. The zero-order valence-corrected chi connectivity index (χ0v) is 12.4. The molecule has 2 heterocycles. The van der Waals surface area contributed by atoms with Crippen LogP contribution in [0.3, 0.4) is 0 Å². The number of fused-ring (bicyclic) bond motifs is 1. The van der Waals surface area contributed by atoms with Crippen LogP contribution in [0.2, 0.25) is 0 Å². The number of hydrogen-bond donors (Lipinski definition) is 0. The van der Waals surface area contributed by atoms with E-state index in [1.54, 1.807) is 10.9 Å². The fraction of sp³-hybridized carbons (Fsp3) is 0.438. The number of aromatic nitrogens is 1. The highest BCUT2D eigenvalue weighted by molar-refractivity contribution is 5.97. The second kappa shape index (κ2) is 6.28. The summed E-state index contributed by atoms with van der Waals surface area (Å²) in [5, 5.41) is 0.937. The van der Waals surface area contributed by atoms with Crippen molar-refractivity contribution < 1.29 is 9.63 Å². The molecule has 0 saturated carbocycles. The fourth-order valence-electron chi connectivity index (χ4n) is 2.72. The molecule has 0 amide bonds. The van der Waals surface area contributed by atoms with Crippen LogP contribution in [0.4, 0.5) is 0 Å². The molecule has 112 valence electrons. The number of hydrogen-bond acceptors (Lipinski definition) is 4. The van der Waals surface area contributed by atoms with Crippen molar-refractivity contribution in [1.82, 2.24) is 14.5 Å². The molecule has 3 rings (SSSR count). The first-order chi connectivity index (χ1) is 10.3. The van der Waals surface area contributed by atoms with Crippen LogP contribution < -0.4 is 4.84 Å². The fourth-order valence-corrected chi connectivity index (χ4v) is 2.72. The molecule has 0 unspecified atom stereocenters. The van der Waals surface area contributed by atoms with Gasteiger partial charge in [0.25, 0.3) is 0 Å². The van der Waals surface area contributed by atoms with E-state index in [9.17, 15) is 4.79 Å². The first kappa shape index (κ1) is 14.1. The minimum absolute atomic E-state index is 0.626. The molecule has 0 radical (unpaired) electrons. The Morgan fingerprint density at radius 1 is 1.19 bits per heavy atom. The van der Waals surface area contributed by atoms with Crippen molar-refractivity contribution in [2.75, 3.05) is 46.4 Å². The van der Waals surface area contributed by atoms with Gasteiger partial charge in [-0.2, -0.15) is 4.73 Å². The SMILES string of the molecule is CN1CCN(CCOn2cc(C=O)c3ccccc32)CC1. The average molecular weight is 287 g/mol. The number of piperazine rings is 1. The number of nitrogens with zero attached hydrogens (tertiary/aromatic N) is 3. The van der Waals surface area contributed by atoms with Gasteiger partial charge in [-0.3, -0.25) is 9.69 Å². The van der Waals surface area contributed by atoms with Crippen LogP contribution in [0.15, 0.2) is 30.5 Å². The van der Waals surface area contributed by atoms with E-state index < -0.39 is 0 Å². The van der Waals surface area contributed by atoms with Crippen molar-refractivity contribution in [3.05, 3.63) is 36.0 Å². The largest absolute Gasteiger partial charge is 0.412 e. The molecule has 1 aromatic heterocycles. The van der Waals surface area contributed by atoms with Crippen LogP contribution in [0.25, 0.3) is 10.9 Å². The van der Waals surface area contributed by atoms with Gasteiger partial charge in [0.15, 0.2) is 6.29 Å². The molecule has 0 atom stereocenters. The topological polar surface area (TPSA) is 37.7 Å². The van der Waals surface area contributed by atoms with Crippen LogP contribution in [0.5, 0.6) is 0 Å². The van der Waals surface area contributed by atoms with Gasteiger partial charge in [0.05, 0.1) is 11.7 Å². The summed E-state index contributed by atoms with van der Waals surface area (Å²) in [4.78, 5) is 21.7.